The molecular weight excluding hydrogens is 268 g/mol. The second-order valence-corrected chi connectivity index (χ2v) is 6.99. The highest BCUT2D eigenvalue weighted by molar-refractivity contribution is 7.90. The maximum atomic E-state index is 11.9. The first-order valence-corrected chi connectivity index (χ1v) is 7.99. The van der Waals surface area contributed by atoms with Gasteiger partial charge >= 0.3 is 5.97 Å². The van der Waals surface area contributed by atoms with Gasteiger partial charge in [0, 0.05) is 24.7 Å². The van der Waals surface area contributed by atoms with Crippen LogP contribution in [0.15, 0.2) is 24.3 Å². The molecule has 1 heterocycles. The Morgan fingerprint density at radius 2 is 2.11 bits per heavy atom. The Morgan fingerprint density at radius 1 is 1.42 bits per heavy atom. The highest BCUT2D eigenvalue weighted by Gasteiger charge is 2.34. The van der Waals surface area contributed by atoms with Gasteiger partial charge in [-0.1, -0.05) is 18.2 Å². The zero-order valence-electron chi connectivity index (χ0n) is 10.6. The van der Waals surface area contributed by atoms with E-state index in [1.54, 1.807) is 24.3 Å². The Labute approximate surface area is 112 Å². The van der Waals surface area contributed by atoms with Crippen molar-refractivity contribution in [3.8, 4) is 5.75 Å². The number of hydrogen-bond donors (Lipinski definition) is 1. The molecule has 1 aromatic rings. The summed E-state index contributed by atoms with van der Waals surface area (Å²) < 4.78 is 29.4. The molecule has 0 amide bonds. The summed E-state index contributed by atoms with van der Waals surface area (Å²) in [7, 11) is -3.24. The minimum Gasteiger partial charge on any atom is -0.490 e. The van der Waals surface area contributed by atoms with E-state index < -0.39 is 21.1 Å². The lowest BCUT2D eigenvalue weighted by Crippen LogP contribution is -2.29. The van der Waals surface area contributed by atoms with Crippen LogP contribution in [0.4, 0.5) is 0 Å². The van der Waals surface area contributed by atoms with Gasteiger partial charge in [-0.2, -0.15) is 0 Å². The Hall–Kier alpha value is -1.56. The standard InChI is InChI=1S/C13H16O5S/c1-19(16,17)12-8-9(6-7-13(14)15)18-11-5-3-2-4-10(11)12/h2-5,9,12H,6-8H2,1H3,(H,14,15)/t9-,12?/m0/s1. The van der Waals surface area contributed by atoms with Crippen molar-refractivity contribution in [2.75, 3.05) is 6.26 Å². The average Bonchev–Trinajstić information content (AvgIpc) is 2.34. The molecule has 104 valence electrons. The van der Waals surface area contributed by atoms with Gasteiger partial charge in [-0.05, 0) is 12.5 Å². The third-order valence-electron chi connectivity index (χ3n) is 3.23. The van der Waals surface area contributed by atoms with Crippen LogP contribution in [-0.2, 0) is 14.6 Å². The van der Waals surface area contributed by atoms with Crippen molar-refractivity contribution in [1.29, 1.82) is 0 Å². The summed E-state index contributed by atoms with van der Waals surface area (Å²) in [6.45, 7) is 0. The van der Waals surface area contributed by atoms with Gasteiger partial charge in [0.05, 0.1) is 5.25 Å². The molecule has 1 N–H and O–H groups in total. The van der Waals surface area contributed by atoms with Crippen LogP contribution in [0.25, 0.3) is 0 Å². The summed E-state index contributed by atoms with van der Waals surface area (Å²) in [6.07, 6.45) is 1.43. The van der Waals surface area contributed by atoms with Crippen LogP contribution in [-0.4, -0.2) is 31.9 Å². The molecular formula is C13H16O5S. The van der Waals surface area contributed by atoms with E-state index in [2.05, 4.69) is 0 Å². The van der Waals surface area contributed by atoms with Crippen molar-refractivity contribution in [2.24, 2.45) is 0 Å². The van der Waals surface area contributed by atoms with Crippen LogP contribution >= 0.6 is 0 Å². The van der Waals surface area contributed by atoms with Crippen LogP contribution in [0.2, 0.25) is 0 Å². The highest BCUT2D eigenvalue weighted by Crippen LogP contribution is 2.39. The van der Waals surface area contributed by atoms with E-state index in [-0.39, 0.29) is 12.5 Å². The summed E-state index contributed by atoms with van der Waals surface area (Å²) in [5, 5.41) is 8.08. The van der Waals surface area contributed by atoms with Gasteiger partial charge in [-0.25, -0.2) is 8.42 Å². The van der Waals surface area contributed by atoms with Crippen molar-refractivity contribution in [3.63, 3.8) is 0 Å². The molecule has 2 rings (SSSR count). The maximum Gasteiger partial charge on any atom is 0.303 e. The number of rotatable bonds is 4. The fraction of sp³-hybridized carbons (Fsp3) is 0.462. The Bertz CT molecular complexity index is 578. The molecule has 0 spiro atoms. The Morgan fingerprint density at radius 3 is 2.74 bits per heavy atom. The molecule has 0 saturated heterocycles. The molecule has 2 atom stereocenters. The summed E-state index contributed by atoms with van der Waals surface area (Å²) in [5.74, 6) is -0.363. The van der Waals surface area contributed by atoms with Gasteiger partial charge in [0.1, 0.15) is 11.9 Å². The minimum absolute atomic E-state index is 0.0245. The van der Waals surface area contributed by atoms with E-state index in [1.807, 2.05) is 0 Å². The molecule has 0 saturated carbocycles. The van der Waals surface area contributed by atoms with Crippen LogP contribution in [0, 0.1) is 0 Å². The quantitative estimate of drug-likeness (QED) is 0.911. The smallest absolute Gasteiger partial charge is 0.303 e. The van der Waals surface area contributed by atoms with E-state index in [1.165, 1.54) is 6.26 Å². The van der Waals surface area contributed by atoms with Gasteiger partial charge in [0.15, 0.2) is 9.84 Å². The number of carboxylic acid groups (broad SMARTS) is 1. The third-order valence-corrected chi connectivity index (χ3v) is 4.71. The van der Waals surface area contributed by atoms with Crippen molar-refractivity contribution in [3.05, 3.63) is 29.8 Å². The van der Waals surface area contributed by atoms with Crippen molar-refractivity contribution < 1.29 is 23.1 Å². The maximum absolute atomic E-state index is 11.9. The predicted molar refractivity (Wildman–Crippen MR) is 69.9 cm³/mol. The first-order chi connectivity index (χ1) is 8.88. The fourth-order valence-corrected chi connectivity index (χ4v) is 3.53. The Kier molecular flexibility index (Phi) is 3.80. The van der Waals surface area contributed by atoms with E-state index in [0.29, 0.717) is 24.2 Å². The fourth-order valence-electron chi connectivity index (χ4n) is 2.31. The van der Waals surface area contributed by atoms with Gasteiger partial charge in [0.25, 0.3) is 0 Å². The number of carbonyl (C=O) groups is 1. The molecule has 1 unspecified atom stereocenters. The van der Waals surface area contributed by atoms with E-state index in [9.17, 15) is 13.2 Å². The van der Waals surface area contributed by atoms with Crippen molar-refractivity contribution in [1.82, 2.24) is 0 Å². The number of para-hydroxylation sites is 1. The second-order valence-electron chi connectivity index (χ2n) is 4.76. The molecule has 6 heteroatoms. The monoisotopic (exact) mass is 284 g/mol. The topological polar surface area (TPSA) is 80.7 Å². The van der Waals surface area contributed by atoms with Crippen LogP contribution in [0.5, 0.6) is 5.75 Å². The zero-order chi connectivity index (χ0) is 14.0. The minimum atomic E-state index is -3.24. The van der Waals surface area contributed by atoms with Gasteiger partial charge in [0.2, 0.25) is 0 Å². The number of ether oxygens (including phenoxy) is 1. The number of aliphatic carboxylic acids is 1. The molecule has 0 fully saturated rings. The molecule has 0 radical (unpaired) electrons. The van der Waals surface area contributed by atoms with Gasteiger partial charge in [-0.3, -0.25) is 4.79 Å². The van der Waals surface area contributed by atoms with E-state index in [4.69, 9.17) is 9.84 Å². The van der Waals surface area contributed by atoms with Crippen LogP contribution in [0.3, 0.4) is 0 Å². The molecule has 0 aromatic heterocycles. The van der Waals surface area contributed by atoms with Crippen molar-refractivity contribution in [2.45, 2.75) is 30.6 Å². The third kappa shape index (κ3) is 3.26. The lowest BCUT2D eigenvalue weighted by molar-refractivity contribution is -0.137. The van der Waals surface area contributed by atoms with Gasteiger partial charge in [-0.15, -0.1) is 0 Å². The molecule has 19 heavy (non-hydrogen) atoms. The van der Waals surface area contributed by atoms with Crippen LogP contribution in [0.1, 0.15) is 30.1 Å². The zero-order valence-corrected chi connectivity index (χ0v) is 11.4. The SMILES string of the molecule is CS(=O)(=O)C1C[C@H](CCC(=O)O)Oc2ccccc21. The number of sulfone groups is 1. The summed E-state index contributed by atoms with van der Waals surface area (Å²) in [6, 6.07) is 7.02. The van der Waals surface area contributed by atoms with Gasteiger partial charge < -0.3 is 9.84 Å². The second kappa shape index (κ2) is 5.21. The number of benzene rings is 1. The summed E-state index contributed by atoms with van der Waals surface area (Å²) in [4.78, 5) is 10.6. The van der Waals surface area contributed by atoms with E-state index >= 15 is 0 Å². The molecule has 1 aliphatic heterocycles. The first kappa shape index (κ1) is 13.9. The molecule has 5 nitrogen and oxygen atoms in total. The lowest BCUT2D eigenvalue weighted by atomic mass is 9.99. The first-order valence-electron chi connectivity index (χ1n) is 6.04. The summed E-state index contributed by atoms with van der Waals surface area (Å²) >= 11 is 0. The largest absolute Gasteiger partial charge is 0.490 e. The van der Waals surface area contributed by atoms with E-state index in [0.717, 1.165) is 0 Å². The number of fused-ring (bicyclic) bond motifs is 1. The average molecular weight is 284 g/mol. The van der Waals surface area contributed by atoms with Crippen molar-refractivity contribution >= 4 is 15.8 Å². The van der Waals surface area contributed by atoms with Crippen LogP contribution < -0.4 is 4.74 Å². The number of carboxylic acids is 1. The molecule has 1 aromatic carbocycles. The predicted octanol–water partition coefficient (Wildman–Crippen LogP) is 1.79. The molecule has 0 aliphatic carbocycles. The Balaban J connectivity index is 2.27. The molecule has 1 aliphatic rings. The molecule has 0 bridgehead atoms. The number of hydrogen-bond acceptors (Lipinski definition) is 4. The summed E-state index contributed by atoms with van der Waals surface area (Å²) in [5.41, 5.74) is 0.663. The normalized spacial score (nSPS) is 22.4. The highest BCUT2D eigenvalue weighted by atomic mass is 32.2. The lowest BCUT2D eigenvalue weighted by Gasteiger charge is -2.31.